The lowest BCUT2D eigenvalue weighted by Gasteiger charge is -2.27. The molecule has 0 saturated carbocycles. The van der Waals surface area contributed by atoms with E-state index in [-0.39, 0.29) is 24.2 Å². The van der Waals surface area contributed by atoms with Crippen LogP contribution in [0, 0.1) is 5.92 Å². The number of nitrogens with one attached hydrogen (secondary N) is 2. The molecule has 2 rings (SSSR count). The van der Waals surface area contributed by atoms with Gasteiger partial charge in [-0.05, 0) is 11.5 Å². The van der Waals surface area contributed by atoms with Gasteiger partial charge in [-0.25, -0.2) is 0 Å². The Labute approximate surface area is 115 Å². The number of benzene rings is 1. The molecule has 0 aromatic heterocycles. The Hall–Kier alpha value is -1.06. The van der Waals surface area contributed by atoms with Crippen LogP contribution in [0.15, 0.2) is 30.3 Å². The maximum Gasteiger partial charge on any atom is 0.220 e. The van der Waals surface area contributed by atoms with Gasteiger partial charge in [0, 0.05) is 32.0 Å². The molecule has 1 amide bonds. The van der Waals surface area contributed by atoms with Crippen molar-refractivity contribution >= 4 is 18.3 Å². The summed E-state index contributed by atoms with van der Waals surface area (Å²) in [5, 5.41) is 6.21. The average Bonchev–Trinajstić information content (AvgIpc) is 2.28. The van der Waals surface area contributed by atoms with Gasteiger partial charge in [0.15, 0.2) is 0 Å². The average molecular weight is 269 g/mol. The second-order valence-electron chi connectivity index (χ2n) is 4.84. The number of halogens is 1. The summed E-state index contributed by atoms with van der Waals surface area (Å²) < 4.78 is 0. The van der Waals surface area contributed by atoms with Gasteiger partial charge >= 0.3 is 0 Å². The lowest BCUT2D eigenvalue weighted by molar-refractivity contribution is -0.121. The SMILES string of the molecule is CC(CC(=O)NCC1CNC1)c1ccccc1.Cl. The van der Waals surface area contributed by atoms with Crippen LogP contribution in [0.2, 0.25) is 0 Å². The Morgan fingerprint density at radius 3 is 2.61 bits per heavy atom. The monoisotopic (exact) mass is 268 g/mol. The van der Waals surface area contributed by atoms with Crippen molar-refractivity contribution in [2.45, 2.75) is 19.3 Å². The Kier molecular flexibility index (Phi) is 6.16. The highest BCUT2D eigenvalue weighted by molar-refractivity contribution is 5.85. The zero-order chi connectivity index (χ0) is 12.1. The van der Waals surface area contributed by atoms with Gasteiger partial charge in [-0.2, -0.15) is 0 Å². The van der Waals surface area contributed by atoms with E-state index in [0.29, 0.717) is 12.3 Å². The van der Waals surface area contributed by atoms with E-state index in [1.165, 1.54) is 5.56 Å². The number of rotatable bonds is 5. The van der Waals surface area contributed by atoms with Crippen LogP contribution < -0.4 is 10.6 Å². The molecule has 4 heteroatoms. The van der Waals surface area contributed by atoms with Gasteiger partial charge < -0.3 is 10.6 Å². The maximum atomic E-state index is 11.7. The first-order valence-electron chi connectivity index (χ1n) is 6.28. The summed E-state index contributed by atoms with van der Waals surface area (Å²) in [5.41, 5.74) is 1.23. The number of carbonyl (C=O) groups excluding carboxylic acids is 1. The summed E-state index contributed by atoms with van der Waals surface area (Å²) >= 11 is 0. The number of hydrogen-bond donors (Lipinski definition) is 2. The van der Waals surface area contributed by atoms with Crippen LogP contribution >= 0.6 is 12.4 Å². The highest BCUT2D eigenvalue weighted by Gasteiger charge is 2.18. The summed E-state index contributed by atoms with van der Waals surface area (Å²) in [6.45, 7) is 4.98. The van der Waals surface area contributed by atoms with E-state index in [2.05, 4.69) is 29.7 Å². The van der Waals surface area contributed by atoms with Crippen LogP contribution in [0.25, 0.3) is 0 Å². The topological polar surface area (TPSA) is 41.1 Å². The Morgan fingerprint density at radius 2 is 2.06 bits per heavy atom. The second-order valence-corrected chi connectivity index (χ2v) is 4.84. The zero-order valence-corrected chi connectivity index (χ0v) is 11.5. The number of amides is 1. The molecule has 1 unspecified atom stereocenters. The molecule has 0 aliphatic carbocycles. The maximum absolute atomic E-state index is 11.7. The summed E-state index contributed by atoms with van der Waals surface area (Å²) in [6, 6.07) is 10.2. The van der Waals surface area contributed by atoms with Crippen LogP contribution in [0.1, 0.15) is 24.8 Å². The summed E-state index contributed by atoms with van der Waals surface area (Å²) in [6.07, 6.45) is 0.574. The van der Waals surface area contributed by atoms with E-state index in [9.17, 15) is 4.79 Å². The second kappa shape index (κ2) is 7.39. The zero-order valence-electron chi connectivity index (χ0n) is 10.7. The van der Waals surface area contributed by atoms with Crippen LogP contribution in [0.5, 0.6) is 0 Å². The molecule has 1 aromatic rings. The molecule has 1 heterocycles. The van der Waals surface area contributed by atoms with Gasteiger partial charge in [0.2, 0.25) is 5.91 Å². The Bertz CT molecular complexity index is 365. The number of hydrogen-bond acceptors (Lipinski definition) is 2. The van der Waals surface area contributed by atoms with Crippen LogP contribution in [-0.2, 0) is 4.79 Å². The van der Waals surface area contributed by atoms with Crippen molar-refractivity contribution in [1.29, 1.82) is 0 Å². The standard InChI is InChI=1S/C14H20N2O.ClH/c1-11(13-5-3-2-4-6-13)7-14(17)16-10-12-8-15-9-12;/h2-6,11-12,15H,7-10H2,1H3,(H,16,17);1H. The smallest absolute Gasteiger partial charge is 0.220 e. The summed E-state index contributed by atoms with van der Waals surface area (Å²) in [7, 11) is 0. The molecule has 1 aliphatic heterocycles. The van der Waals surface area contributed by atoms with Gasteiger partial charge in [0.1, 0.15) is 0 Å². The third kappa shape index (κ3) is 4.31. The van der Waals surface area contributed by atoms with E-state index in [0.717, 1.165) is 19.6 Å². The molecule has 1 atom stereocenters. The molecule has 1 aromatic carbocycles. The van der Waals surface area contributed by atoms with Gasteiger partial charge in [0.05, 0.1) is 0 Å². The van der Waals surface area contributed by atoms with Gasteiger partial charge in [-0.1, -0.05) is 37.3 Å². The van der Waals surface area contributed by atoms with Crippen LogP contribution in [0.4, 0.5) is 0 Å². The summed E-state index contributed by atoms with van der Waals surface area (Å²) in [4.78, 5) is 11.7. The normalized spacial score (nSPS) is 16.3. The minimum atomic E-state index is 0. The Morgan fingerprint density at radius 1 is 1.39 bits per heavy atom. The van der Waals surface area contributed by atoms with Crippen molar-refractivity contribution in [1.82, 2.24) is 10.6 Å². The summed E-state index contributed by atoms with van der Waals surface area (Å²) in [5.74, 6) is 1.08. The lowest BCUT2D eigenvalue weighted by atomic mass is 9.97. The van der Waals surface area contributed by atoms with Crippen molar-refractivity contribution in [2.75, 3.05) is 19.6 Å². The first kappa shape index (κ1) is 15.0. The Balaban J connectivity index is 0.00000162. The fourth-order valence-electron chi connectivity index (χ4n) is 2.00. The van der Waals surface area contributed by atoms with Gasteiger partial charge in [-0.15, -0.1) is 12.4 Å². The molecule has 1 saturated heterocycles. The third-order valence-corrected chi connectivity index (χ3v) is 3.31. The fraction of sp³-hybridized carbons (Fsp3) is 0.500. The fourth-order valence-corrected chi connectivity index (χ4v) is 2.00. The molecule has 3 nitrogen and oxygen atoms in total. The predicted octanol–water partition coefficient (Wildman–Crippen LogP) is 1.94. The minimum absolute atomic E-state index is 0. The van der Waals surface area contributed by atoms with E-state index in [4.69, 9.17) is 0 Å². The third-order valence-electron chi connectivity index (χ3n) is 3.31. The lowest BCUT2D eigenvalue weighted by Crippen LogP contribution is -2.48. The van der Waals surface area contributed by atoms with E-state index >= 15 is 0 Å². The van der Waals surface area contributed by atoms with Crippen molar-refractivity contribution in [3.8, 4) is 0 Å². The first-order chi connectivity index (χ1) is 8.25. The first-order valence-corrected chi connectivity index (χ1v) is 6.28. The molecular weight excluding hydrogens is 248 g/mol. The van der Waals surface area contributed by atoms with E-state index in [1.807, 2.05) is 18.2 Å². The van der Waals surface area contributed by atoms with E-state index < -0.39 is 0 Å². The highest BCUT2D eigenvalue weighted by Crippen LogP contribution is 2.18. The molecule has 0 spiro atoms. The molecule has 0 bridgehead atoms. The molecule has 0 radical (unpaired) electrons. The quantitative estimate of drug-likeness (QED) is 0.857. The molecule has 2 N–H and O–H groups in total. The molecule has 1 aliphatic rings. The number of carbonyl (C=O) groups is 1. The van der Waals surface area contributed by atoms with Crippen molar-refractivity contribution in [3.63, 3.8) is 0 Å². The van der Waals surface area contributed by atoms with Crippen LogP contribution in [-0.4, -0.2) is 25.5 Å². The molecule has 1 fully saturated rings. The van der Waals surface area contributed by atoms with Crippen molar-refractivity contribution < 1.29 is 4.79 Å². The van der Waals surface area contributed by atoms with Gasteiger partial charge in [-0.3, -0.25) is 4.79 Å². The van der Waals surface area contributed by atoms with E-state index in [1.54, 1.807) is 0 Å². The van der Waals surface area contributed by atoms with Gasteiger partial charge in [0.25, 0.3) is 0 Å². The van der Waals surface area contributed by atoms with Crippen molar-refractivity contribution in [2.24, 2.45) is 5.92 Å². The largest absolute Gasteiger partial charge is 0.356 e. The molecular formula is C14H21ClN2O. The predicted molar refractivity (Wildman–Crippen MR) is 76.1 cm³/mol. The minimum Gasteiger partial charge on any atom is -0.356 e. The molecule has 18 heavy (non-hydrogen) atoms. The molecule has 100 valence electrons. The highest BCUT2D eigenvalue weighted by atomic mass is 35.5. The van der Waals surface area contributed by atoms with Crippen molar-refractivity contribution in [3.05, 3.63) is 35.9 Å². The van der Waals surface area contributed by atoms with Crippen LogP contribution in [0.3, 0.4) is 0 Å².